The Bertz CT molecular complexity index is 790. The molecule has 2 bridgehead atoms. The minimum atomic E-state index is -0.919. The van der Waals surface area contributed by atoms with E-state index in [4.69, 9.17) is 4.74 Å². The highest BCUT2D eigenvalue weighted by atomic mass is 16.6. The third-order valence-corrected chi connectivity index (χ3v) is 6.05. The summed E-state index contributed by atoms with van der Waals surface area (Å²) in [7, 11) is 0. The molecule has 0 saturated carbocycles. The van der Waals surface area contributed by atoms with Gasteiger partial charge < -0.3 is 14.7 Å². The molecule has 1 amide bonds. The van der Waals surface area contributed by atoms with Crippen LogP contribution in [0, 0.1) is 0 Å². The van der Waals surface area contributed by atoms with Crippen molar-refractivity contribution in [2.24, 2.45) is 0 Å². The van der Waals surface area contributed by atoms with E-state index in [0.717, 1.165) is 43.4 Å². The lowest BCUT2D eigenvalue weighted by atomic mass is 9.73. The molecule has 0 spiro atoms. The zero-order valence-corrected chi connectivity index (χ0v) is 16.5. The quantitative estimate of drug-likeness (QED) is 0.852. The van der Waals surface area contributed by atoms with Crippen molar-refractivity contribution in [3.63, 3.8) is 0 Å². The number of ether oxygens (including phenoxy) is 1. The summed E-state index contributed by atoms with van der Waals surface area (Å²) in [4.78, 5) is 14.7. The number of carbonyl (C=O) groups is 1. The summed E-state index contributed by atoms with van der Waals surface area (Å²) in [5.74, 6) is 0. The fourth-order valence-corrected chi connectivity index (χ4v) is 4.71. The van der Waals surface area contributed by atoms with Crippen LogP contribution < -0.4 is 0 Å². The van der Waals surface area contributed by atoms with Gasteiger partial charge in [-0.25, -0.2) is 4.79 Å². The van der Waals surface area contributed by atoms with Crippen molar-refractivity contribution in [3.05, 3.63) is 53.9 Å². The molecule has 1 N–H and O–H groups in total. The Morgan fingerprint density at radius 1 is 1.25 bits per heavy atom. The first-order valence-corrected chi connectivity index (χ1v) is 10.3. The maximum Gasteiger partial charge on any atom is 0.410 e. The molecule has 2 fully saturated rings. The van der Waals surface area contributed by atoms with Crippen LogP contribution in [-0.4, -0.2) is 38.0 Å². The number of piperidine rings is 2. The van der Waals surface area contributed by atoms with Crippen molar-refractivity contribution in [2.75, 3.05) is 0 Å². The Labute approximate surface area is 166 Å². The molecule has 2 saturated heterocycles. The van der Waals surface area contributed by atoms with Crippen LogP contribution >= 0.6 is 0 Å². The zero-order chi connectivity index (χ0) is 19.6. The van der Waals surface area contributed by atoms with E-state index in [-0.39, 0.29) is 24.8 Å². The van der Waals surface area contributed by atoms with Crippen LogP contribution in [0.4, 0.5) is 4.79 Å². The summed E-state index contributed by atoms with van der Waals surface area (Å²) in [5, 5.41) is 15.8. The topological polar surface area (TPSA) is 67.6 Å². The minimum absolute atomic E-state index is 0.00954. The van der Waals surface area contributed by atoms with Crippen molar-refractivity contribution < 1.29 is 14.6 Å². The fraction of sp³-hybridized carbons (Fsp3) is 0.545. The van der Waals surface area contributed by atoms with Gasteiger partial charge in [-0.2, -0.15) is 5.10 Å². The fourth-order valence-electron chi connectivity index (χ4n) is 4.71. The number of aromatic nitrogens is 2. The number of fused-ring (bicyclic) bond motifs is 2. The molecule has 0 radical (unpaired) electrons. The maximum absolute atomic E-state index is 12.8. The van der Waals surface area contributed by atoms with Crippen molar-refractivity contribution in [3.8, 4) is 0 Å². The largest absolute Gasteiger partial charge is 0.445 e. The highest BCUT2D eigenvalue weighted by Crippen LogP contribution is 2.44. The minimum Gasteiger partial charge on any atom is -0.445 e. The Balaban J connectivity index is 1.46. The first kappa shape index (κ1) is 19.0. The Kier molecular flexibility index (Phi) is 5.40. The molecule has 2 aliphatic rings. The second-order valence-electron chi connectivity index (χ2n) is 8.12. The molecule has 4 rings (SSSR count). The van der Waals surface area contributed by atoms with Gasteiger partial charge in [-0.3, -0.25) is 4.68 Å². The highest BCUT2D eigenvalue weighted by molar-refractivity contribution is 5.69. The Morgan fingerprint density at radius 3 is 2.64 bits per heavy atom. The van der Waals surface area contributed by atoms with Gasteiger partial charge in [-0.05, 0) is 31.2 Å². The smallest absolute Gasteiger partial charge is 0.410 e. The first-order chi connectivity index (χ1) is 13.6. The Morgan fingerprint density at radius 2 is 1.96 bits per heavy atom. The lowest BCUT2D eigenvalue weighted by Crippen LogP contribution is -2.58. The van der Waals surface area contributed by atoms with Crippen molar-refractivity contribution in [2.45, 2.75) is 76.3 Å². The predicted octanol–water partition coefficient (Wildman–Crippen LogP) is 3.83. The van der Waals surface area contributed by atoms with Crippen molar-refractivity contribution in [1.29, 1.82) is 0 Å². The van der Waals surface area contributed by atoms with Gasteiger partial charge in [0.1, 0.15) is 6.61 Å². The summed E-state index contributed by atoms with van der Waals surface area (Å²) in [6, 6.07) is 9.76. The second-order valence-corrected chi connectivity index (χ2v) is 8.12. The van der Waals surface area contributed by atoms with Gasteiger partial charge in [-0.1, -0.05) is 37.3 Å². The van der Waals surface area contributed by atoms with Gasteiger partial charge in [-0.15, -0.1) is 0 Å². The van der Waals surface area contributed by atoms with E-state index in [0.29, 0.717) is 12.8 Å². The van der Waals surface area contributed by atoms with Crippen LogP contribution in [0.2, 0.25) is 0 Å². The number of nitrogens with zero attached hydrogens (tertiary/aromatic N) is 3. The van der Waals surface area contributed by atoms with Crippen molar-refractivity contribution in [1.82, 2.24) is 14.7 Å². The molecule has 28 heavy (non-hydrogen) atoms. The molecule has 3 heterocycles. The molecule has 6 nitrogen and oxygen atoms in total. The Hall–Kier alpha value is -2.34. The maximum atomic E-state index is 12.8. The summed E-state index contributed by atoms with van der Waals surface area (Å²) in [5.41, 5.74) is 0.936. The van der Waals surface area contributed by atoms with Crippen LogP contribution in [0.25, 0.3) is 0 Å². The molecule has 1 aromatic heterocycles. The second kappa shape index (κ2) is 7.95. The number of carbonyl (C=O) groups excluding carboxylic acids is 1. The number of benzene rings is 1. The molecular formula is C22H29N3O3. The van der Waals surface area contributed by atoms with E-state index in [1.807, 2.05) is 46.1 Å². The predicted molar refractivity (Wildman–Crippen MR) is 106 cm³/mol. The number of rotatable bonds is 5. The van der Waals surface area contributed by atoms with E-state index < -0.39 is 5.60 Å². The van der Waals surface area contributed by atoms with Crippen LogP contribution in [0.15, 0.2) is 42.7 Å². The lowest BCUT2D eigenvalue weighted by Gasteiger charge is -2.51. The summed E-state index contributed by atoms with van der Waals surface area (Å²) < 4.78 is 7.50. The van der Waals surface area contributed by atoms with Gasteiger partial charge in [0.15, 0.2) is 0 Å². The van der Waals surface area contributed by atoms with Gasteiger partial charge >= 0.3 is 6.09 Å². The molecule has 150 valence electrons. The number of aliphatic hydroxyl groups is 1. The van der Waals surface area contributed by atoms with Gasteiger partial charge in [0.05, 0.1) is 11.8 Å². The summed E-state index contributed by atoms with van der Waals surface area (Å²) >= 11 is 0. The molecular weight excluding hydrogens is 354 g/mol. The average molecular weight is 383 g/mol. The average Bonchev–Trinajstić information content (AvgIpc) is 3.16. The van der Waals surface area contributed by atoms with E-state index in [1.54, 1.807) is 6.20 Å². The van der Waals surface area contributed by atoms with Gasteiger partial charge in [0, 0.05) is 43.2 Å². The first-order valence-electron chi connectivity index (χ1n) is 10.3. The standard InChI is InChI=1S/C22H29N3O3/c1-2-11-24-15-18(14-23-24)22(27)12-19-9-6-10-20(13-22)25(19)21(26)28-16-17-7-4-3-5-8-17/h3-5,7-8,14-15,19-20,27H,2,6,9-13,16H2,1H3. The van der Waals surface area contributed by atoms with Crippen LogP contribution in [0.3, 0.4) is 0 Å². The van der Waals surface area contributed by atoms with Crippen LogP contribution in [-0.2, 0) is 23.5 Å². The van der Waals surface area contributed by atoms with Gasteiger partial charge in [0.2, 0.25) is 0 Å². The molecule has 2 aromatic rings. The highest BCUT2D eigenvalue weighted by Gasteiger charge is 2.49. The number of amides is 1. The number of hydrogen-bond donors (Lipinski definition) is 1. The molecule has 2 aliphatic heterocycles. The van der Waals surface area contributed by atoms with E-state index in [1.165, 1.54) is 0 Å². The van der Waals surface area contributed by atoms with Gasteiger partial charge in [0.25, 0.3) is 0 Å². The van der Waals surface area contributed by atoms with Crippen LogP contribution in [0.1, 0.15) is 56.6 Å². The molecule has 1 aromatic carbocycles. The number of aryl methyl sites for hydroxylation is 1. The third kappa shape index (κ3) is 3.78. The molecule has 6 heteroatoms. The van der Waals surface area contributed by atoms with Crippen LogP contribution in [0.5, 0.6) is 0 Å². The number of hydrogen-bond acceptors (Lipinski definition) is 4. The monoisotopic (exact) mass is 383 g/mol. The summed E-state index contributed by atoms with van der Waals surface area (Å²) in [6.45, 7) is 3.24. The van der Waals surface area contributed by atoms with E-state index >= 15 is 0 Å². The SMILES string of the molecule is CCCn1cc(C2(O)CC3CCCC(C2)N3C(=O)OCc2ccccc2)cn1. The van der Waals surface area contributed by atoms with E-state index in [9.17, 15) is 9.90 Å². The molecule has 0 aliphatic carbocycles. The summed E-state index contributed by atoms with van der Waals surface area (Å²) in [6.07, 6.45) is 8.47. The molecule has 2 unspecified atom stereocenters. The third-order valence-electron chi connectivity index (χ3n) is 6.05. The molecule has 2 atom stereocenters. The normalized spacial score (nSPS) is 26.9. The lowest BCUT2D eigenvalue weighted by molar-refractivity contribution is -0.0896. The zero-order valence-electron chi connectivity index (χ0n) is 16.5. The van der Waals surface area contributed by atoms with Crippen molar-refractivity contribution >= 4 is 6.09 Å². The van der Waals surface area contributed by atoms with E-state index in [2.05, 4.69) is 12.0 Å².